The van der Waals surface area contributed by atoms with E-state index in [1.54, 1.807) is 18.2 Å². The van der Waals surface area contributed by atoms with Gasteiger partial charge in [0.15, 0.2) is 5.96 Å². The van der Waals surface area contributed by atoms with E-state index in [2.05, 4.69) is 20.6 Å². The number of benzene rings is 1. The maximum absolute atomic E-state index is 13.7. The van der Waals surface area contributed by atoms with Crippen LogP contribution in [0.4, 0.5) is 17.6 Å². The van der Waals surface area contributed by atoms with Gasteiger partial charge in [-0.3, -0.25) is 4.99 Å². The second-order valence-electron chi connectivity index (χ2n) is 6.50. The van der Waals surface area contributed by atoms with Gasteiger partial charge in [-0.15, -0.1) is 0 Å². The van der Waals surface area contributed by atoms with Crippen LogP contribution in [0.25, 0.3) is 0 Å². The average Bonchev–Trinajstić information content (AvgIpc) is 3.08. The molecule has 0 spiro atoms. The van der Waals surface area contributed by atoms with Gasteiger partial charge in [0.25, 0.3) is 0 Å². The van der Waals surface area contributed by atoms with Crippen molar-refractivity contribution in [2.75, 3.05) is 19.6 Å². The van der Waals surface area contributed by atoms with E-state index in [1.807, 2.05) is 6.92 Å². The number of aryl methyl sites for hydroxylation is 1. The van der Waals surface area contributed by atoms with Crippen LogP contribution in [0.1, 0.15) is 24.7 Å². The summed E-state index contributed by atoms with van der Waals surface area (Å²) in [5, 5.41) is 16.2. The maximum atomic E-state index is 13.7. The summed E-state index contributed by atoms with van der Waals surface area (Å²) in [5.74, 6) is -0.521. The van der Waals surface area contributed by atoms with Crippen molar-refractivity contribution in [1.29, 1.82) is 0 Å². The smallest absolute Gasteiger partial charge is 0.374 e. The molecule has 0 fully saturated rings. The molecule has 1 aromatic heterocycles. The van der Waals surface area contributed by atoms with Crippen molar-refractivity contribution < 1.29 is 22.7 Å². The third kappa shape index (κ3) is 5.69. The molecule has 0 saturated carbocycles. The number of aliphatic hydroxyl groups is 1. The lowest BCUT2D eigenvalue weighted by Gasteiger charge is -2.29. The van der Waals surface area contributed by atoms with Crippen LogP contribution >= 0.6 is 0 Å². The summed E-state index contributed by atoms with van der Waals surface area (Å²) in [6, 6.07) is 6.36. The highest BCUT2D eigenvalue weighted by atomic mass is 19.4. The van der Waals surface area contributed by atoms with Crippen LogP contribution in [0.2, 0.25) is 0 Å². The molecule has 0 aliphatic rings. The summed E-state index contributed by atoms with van der Waals surface area (Å²) in [6.45, 7) is 2.36. The number of nitrogens with one attached hydrogen (secondary N) is 2. The van der Waals surface area contributed by atoms with Crippen molar-refractivity contribution in [3.8, 4) is 0 Å². The van der Waals surface area contributed by atoms with Gasteiger partial charge >= 0.3 is 6.18 Å². The zero-order chi connectivity index (χ0) is 21.5. The number of aromatic nitrogens is 2. The van der Waals surface area contributed by atoms with Gasteiger partial charge in [0, 0.05) is 45.5 Å². The molecule has 2 rings (SSSR count). The monoisotopic (exact) mass is 415 g/mol. The predicted octanol–water partition coefficient (Wildman–Crippen LogP) is 2.50. The Labute approximate surface area is 166 Å². The first-order valence-electron chi connectivity index (χ1n) is 9.21. The SMILES string of the molecule is CCNC(=NCCC(O)(c1nccn1C)C(F)(F)F)NCCc1ccccc1F. The lowest BCUT2D eigenvalue weighted by molar-refractivity contribution is -0.272. The van der Waals surface area contributed by atoms with Crippen molar-refractivity contribution >= 4 is 5.96 Å². The Kier molecular flexibility index (Phi) is 7.60. The van der Waals surface area contributed by atoms with Crippen molar-refractivity contribution in [2.24, 2.45) is 12.0 Å². The lowest BCUT2D eigenvalue weighted by atomic mass is 9.98. The zero-order valence-corrected chi connectivity index (χ0v) is 16.3. The first kappa shape index (κ1) is 22.7. The molecule has 1 atom stereocenters. The summed E-state index contributed by atoms with van der Waals surface area (Å²) in [5.41, 5.74) is -2.59. The fourth-order valence-electron chi connectivity index (χ4n) is 2.83. The second-order valence-corrected chi connectivity index (χ2v) is 6.50. The number of hydrogen-bond acceptors (Lipinski definition) is 3. The molecule has 1 aromatic carbocycles. The van der Waals surface area contributed by atoms with Gasteiger partial charge in [-0.25, -0.2) is 9.37 Å². The van der Waals surface area contributed by atoms with Crippen molar-refractivity contribution in [3.63, 3.8) is 0 Å². The molecule has 0 aliphatic carbocycles. The Hall–Kier alpha value is -2.62. The largest absolute Gasteiger partial charge is 0.424 e. The summed E-state index contributed by atoms with van der Waals surface area (Å²) >= 11 is 0. The van der Waals surface area contributed by atoms with Gasteiger partial charge in [-0.05, 0) is 25.0 Å². The standard InChI is InChI=1S/C19H25F4N5O/c1-3-24-17(26-10-8-14-6-4-5-7-15(14)20)27-11-9-18(29,19(21,22)23)16-25-12-13-28(16)2/h4-7,12-13,29H,3,8-11H2,1-2H3,(H2,24,26,27). The van der Waals surface area contributed by atoms with Gasteiger partial charge in [0.2, 0.25) is 5.60 Å². The fraction of sp³-hybridized carbons (Fsp3) is 0.474. The molecule has 0 saturated heterocycles. The first-order valence-corrected chi connectivity index (χ1v) is 9.21. The number of aliphatic imine (C=N–C) groups is 1. The molecule has 3 N–H and O–H groups in total. The van der Waals surface area contributed by atoms with Crippen LogP contribution in [-0.4, -0.2) is 46.4 Å². The minimum absolute atomic E-state index is 0.285. The van der Waals surface area contributed by atoms with Crippen LogP contribution in [-0.2, 0) is 19.1 Å². The average molecular weight is 415 g/mol. The van der Waals surface area contributed by atoms with E-state index in [-0.39, 0.29) is 18.3 Å². The van der Waals surface area contributed by atoms with E-state index >= 15 is 0 Å². The van der Waals surface area contributed by atoms with Crippen LogP contribution < -0.4 is 10.6 Å². The summed E-state index contributed by atoms with van der Waals surface area (Å²) in [7, 11) is 1.39. The molecule has 6 nitrogen and oxygen atoms in total. The van der Waals surface area contributed by atoms with Crippen molar-refractivity contribution in [3.05, 3.63) is 53.9 Å². The molecular weight excluding hydrogens is 390 g/mol. The topological polar surface area (TPSA) is 74.5 Å². The van der Waals surface area contributed by atoms with Gasteiger partial charge < -0.3 is 20.3 Å². The molecule has 1 heterocycles. The van der Waals surface area contributed by atoms with E-state index < -0.39 is 24.0 Å². The number of nitrogens with zero attached hydrogens (tertiary/aromatic N) is 3. The van der Waals surface area contributed by atoms with E-state index in [1.165, 1.54) is 25.5 Å². The minimum Gasteiger partial charge on any atom is -0.374 e. The molecule has 0 aliphatic heterocycles. The van der Waals surface area contributed by atoms with Crippen LogP contribution in [0, 0.1) is 5.82 Å². The first-order chi connectivity index (χ1) is 13.7. The molecule has 0 amide bonds. The molecule has 2 aromatic rings. The van der Waals surface area contributed by atoms with Crippen LogP contribution in [0.3, 0.4) is 0 Å². The van der Waals surface area contributed by atoms with Gasteiger partial charge in [0.05, 0.1) is 0 Å². The lowest BCUT2D eigenvalue weighted by Crippen LogP contribution is -2.45. The van der Waals surface area contributed by atoms with Crippen molar-refractivity contribution in [2.45, 2.75) is 31.5 Å². The quantitative estimate of drug-likeness (QED) is 0.352. The van der Waals surface area contributed by atoms with Crippen LogP contribution in [0.15, 0.2) is 41.7 Å². The number of imidazole rings is 1. The van der Waals surface area contributed by atoms with E-state index in [0.717, 1.165) is 4.57 Å². The summed E-state index contributed by atoms with van der Waals surface area (Å²) in [4.78, 5) is 7.77. The third-order valence-electron chi connectivity index (χ3n) is 4.39. The van der Waals surface area contributed by atoms with Crippen molar-refractivity contribution in [1.82, 2.24) is 20.2 Å². The summed E-state index contributed by atoms with van der Waals surface area (Å²) < 4.78 is 55.4. The highest BCUT2D eigenvalue weighted by molar-refractivity contribution is 5.79. The predicted molar refractivity (Wildman–Crippen MR) is 102 cm³/mol. The Balaban J connectivity index is 2.03. The van der Waals surface area contributed by atoms with Gasteiger partial charge in [-0.1, -0.05) is 18.2 Å². The molecule has 10 heteroatoms. The summed E-state index contributed by atoms with van der Waals surface area (Å²) in [6.07, 6.45) is -2.67. The number of alkyl halides is 3. The highest BCUT2D eigenvalue weighted by Gasteiger charge is 2.57. The fourth-order valence-corrected chi connectivity index (χ4v) is 2.83. The van der Waals surface area contributed by atoms with E-state index in [9.17, 15) is 22.7 Å². The Bertz CT molecular complexity index is 821. The number of guanidine groups is 1. The Morgan fingerprint density at radius 1 is 1.24 bits per heavy atom. The minimum atomic E-state index is -4.90. The van der Waals surface area contributed by atoms with Crippen LogP contribution in [0.5, 0.6) is 0 Å². The maximum Gasteiger partial charge on any atom is 0.424 e. The zero-order valence-electron chi connectivity index (χ0n) is 16.3. The van der Waals surface area contributed by atoms with E-state index in [4.69, 9.17) is 0 Å². The highest BCUT2D eigenvalue weighted by Crippen LogP contribution is 2.40. The Morgan fingerprint density at radius 2 is 1.97 bits per heavy atom. The second kappa shape index (κ2) is 9.73. The Morgan fingerprint density at radius 3 is 2.55 bits per heavy atom. The number of rotatable bonds is 8. The number of halogens is 4. The third-order valence-corrected chi connectivity index (χ3v) is 4.39. The molecule has 160 valence electrons. The molecule has 0 bridgehead atoms. The molecule has 29 heavy (non-hydrogen) atoms. The number of hydrogen-bond donors (Lipinski definition) is 3. The van der Waals surface area contributed by atoms with E-state index in [0.29, 0.717) is 25.1 Å². The molecular formula is C19H25F4N5O. The molecule has 0 radical (unpaired) electrons. The normalized spacial score (nSPS) is 14.5. The van der Waals surface area contributed by atoms with Gasteiger partial charge in [0.1, 0.15) is 11.6 Å². The molecule has 1 unspecified atom stereocenters. The van der Waals surface area contributed by atoms with Gasteiger partial charge in [-0.2, -0.15) is 13.2 Å².